The summed E-state index contributed by atoms with van der Waals surface area (Å²) in [5.41, 5.74) is 1.52. The molecule has 0 amide bonds. The predicted molar refractivity (Wildman–Crippen MR) is 95.6 cm³/mol. The minimum atomic E-state index is -2.71. The van der Waals surface area contributed by atoms with E-state index in [0.717, 1.165) is 0 Å². The number of nitrogens with one attached hydrogen (secondary N) is 1. The molecule has 0 radical (unpaired) electrons. The molecule has 1 N–H and O–H groups in total. The summed E-state index contributed by atoms with van der Waals surface area (Å²) in [4.78, 5) is 10.0. The second-order valence-corrected chi connectivity index (χ2v) is 6.67. The van der Waals surface area contributed by atoms with Gasteiger partial charge in [0.2, 0.25) is 5.95 Å². The zero-order valence-corrected chi connectivity index (χ0v) is 14.5. The number of hydrogen-bond donors (Lipinski definition) is 1. The fourth-order valence-corrected chi connectivity index (χ4v) is 3.24. The second-order valence-electron chi connectivity index (χ2n) is 6.67. The molecular formula is C18H14F3N7. The van der Waals surface area contributed by atoms with Crippen LogP contribution in [0.2, 0.25) is 0 Å². The number of fused-ring (bicyclic) bond motifs is 1. The van der Waals surface area contributed by atoms with Gasteiger partial charge in [0.25, 0.3) is 5.92 Å². The average molecular weight is 385 g/mol. The van der Waals surface area contributed by atoms with Gasteiger partial charge >= 0.3 is 0 Å². The summed E-state index contributed by atoms with van der Waals surface area (Å²) in [5.74, 6) is -2.50. The van der Waals surface area contributed by atoms with Gasteiger partial charge in [-0.2, -0.15) is 10.1 Å². The van der Waals surface area contributed by atoms with Crippen molar-refractivity contribution in [2.45, 2.75) is 12.5 Å². The highest BCUT2D eigenvalue weighted by Gasteiger charge is 2.45. The number of halogens is 3. The first-order chi connectivity index (χ1) is 13.5. The monoisotopic (exact) mass is 385 g/mol. The minimum Gasteiger partial charge on any atom is -0.327 e. The molecule has 5 rings (SSSR count). The van der Waals surface area contributed by atoms with Gasteiger partial charge in [-0.25, -0.2) is 22.8 Å². The zero-order valence-electron chi connectivity index (χ0n) is 14.5. The highest BCUT2D eigenvalue weighted by Crippen LogP contribution is 2.31. The molecule has 0 bridgehead atoms. The molecule has 0 aliphatic carbocycles. The van der Waals surface area contributed by atoms with E-state index >= 15 is 0 Å². The van der Waals surface area contributed by atoms with Crippen molar-refractivity contribution in [3.63, 3.8) is 0 Å². The molecule has 0 saturated carbocycles. The number of nitrogens with zero attached hydrogens (tertiary/aromatic N) is 6. The number of anilines is 1. The largest absolute Gasteiger partial charge is 0.327 e. The number of alkyl halides is 2. The van der Waals surface area contributed by atoms with Crippen molar-refractivity contribution < 1.29 is 13.2 Å². The Labute approximate surface area is 156 Å². The minimum absolute atomic E-state index is 0.194. The van der Waals surface area contributed by atoms with E-state index in [2.05, 4.69) is 25.3 Å². The van der Waals surface area contributed by atoms with Crippen molar-refractivity contribution in [2.75, 3.05) is 18.0 Å². The molecule has 4 aromatic rings. The Morgan fingerprint density at radius 3 is 2.71 bits per heavy atom. The van der Waals surface area contributed by atoms with Gasteiger partial charge in [-0.15, -0.1) is 5.10 Å². The summed E-state index contributed by atoms with van der Waals surface area (Å²) < 4.78 is 41.8. The van der Waals surface area contributed by atoms with Gasteiger partial charge < -0.3 is 4.90 Å². The van der Waals surface area contributed by atoms with Crippen LogP contribution >= 0.6 is 0 Å². The standard InChI is InChI=1S/C18H14F3N7/c19-13-6-2-1-4-11(13)8-28-16-12(5-3-7-22-16)14(26-28)15-23-17(25-24-15)27-9-18(20,21)10-27/h1-7H,8-10H2,(H,23,24,25). The quantitative estimate of drug-likeness (QED) is 0.585. The Morgan fingerprint density at radius 2 is 1.93 bits per heavy atom. The van der Waals surface area contributed by atoms with Gasteiger partial charge in [0.1, 0.15) is 11.5 Å². The Morgan fingerprint density at radius 1 is 1.11 bits per heavy atom. The Balaban J connectivity index is 1.52. The van der Waals surface area contributed by atoms with Crippen LogP contribution in [0.25, 0.3) is 22.6 Å². The van der Waals surface area contributed by atoms with Gasteiger partial charge in [-0.05, 0) is 18.2 Å². The summed E-state index contributed by atoms with van der Waals surface area (Å²) in [7, 11) is 0. The molecule has 0 atom stereocenters. The lowest BCUT2D eigenvalue weighted by Crippen LogP contribution is -2.56. The SMILES string of the molecule is Fc1ccccc1Cn1nc(-c2nc(N3CC(F)(F)C3)n[nH]2)c2cccnc21. The molecule has 10 heteroatoms. The highest BCUT2D eigenvalue weighted by atomic mass is 19.3. The molecule has 4 heterocycles. The number of pyridine rings is 1. The van der Waals surface area contributed by atoms with E-state index in [4.69, 9.17) is 0 Å². The van der Waals surface area contributed by atoms with Crippen LogP contribution in [-0.2, 0) is 6.54 Å². The van der Waals surface area contributed by atoms with E-state index in [-0.39, 0.29) is 18.3 Å². The Hall–Kier alpha value is -3.43. The third-order valence-corrected chi connectivity index (χ3v) is 4.61. The van der Waals surface area contributed by atoms with E-state index in [1.54, 1.807) is 35.1 Å². The Kier molecular flexibility index (Phi) is 3.61. The molecule has 0 spiro atoms. The fourth-order valence-electron chi connectivity index (χ4n) is 3.24. The van der Waals surface area contributed by atoms with Crippen molar-refractivity contribution in [2.24, 2.45) is 0 Å². The summed E-state index contributed by atoms with van der Waals surface area (Å²) in [6.45, 7) is -0.623. The zero-order chi connectivity index (χ0) is 19.3. The molecule has 1 saturated heterocycles. The molecule has 1 aliphatic rings. The third kappa shape index (κ3) is 2.77. The number of rotatable bonds is 4. The van der Waals surface area contributed by atoms with Gasteiger partial charge in [-0.1, -0.05) is 18.2 Å². The maximum atomic E-state index is 14.0. The highest BCUT2D eigenvalue weighted by molar-refractivity contribution is 5.89. The van der Waals surface area contributed by atoms with Crippen molar-refractivity contribution in [1.82, 2.24) is 29.9 Å². The van der Waals surface area contributed by atoms with Crippen molar-refractivity contribution in [3.8, 4) is 11.5 Å². The van der Waals surface area contributed by atoms with Crippen LogP contribution in [-0.4, -0.2) is 49.0 Å². The molecule has 3 aromatic heterocycles. The molecule has 1 aliphatic heterocycles. The Bertz CT molecular complexity index is 1160. The van der Waals surface area contributed by atoms with E-state index < -0.39 is 19.0 Å². The average Bonchev–Trinajstić information content (AvgIpc) is 3.27. The van der Waals surface area contributed by atoms with E-state index in [1.165, 1.54) is 11.0 Å². The molecule has 7 nitrogen and oxygen atoms in total. The van der Waals surface area contributed by atoms with Crippen molar-refractivity contribution in [1.29, 1.82) is 0 Å². The first-order valence-corrected chi connectivity index (χ1v) is 8.61. The first-order valence-electron chi connectivity index (χ1n) is 8.61. The van der Waals surface area contributed by atoms with Crippen LogP contribution in [0.3, 0.4) is 0 Å². The molecule has 1 aromatic carbocycles. The van der Waals surface area contributed by atoms with Crippen LogP contribution in [0.15, 0.2) is 42.6 Å². The molecular weight excluding hydrogens is 371 g/mol. The maximum absolute atomic E-state index is 14.0. The van der Waals surface area contributed by atoms with Gasteiger partial charge in [0, 0.05) is 11.8 Å². The smallest absolute Gasteiger partial charge is 0.282 e. The lowest BCUT2D eigenvalue weighted by Gasteiger charge is -2.37. The van der Waals surface area contributed by atoms with E-state index in [1.807, 2.05) is 6.07 Å². The fraction of sp³-hybridized carbons (Fsp3) is 0.222. The summed E-state index contributed by atoms with van der Waals surface area (Å²) >= 11 is 0. The maximum Gasteiger partial charge on any atom is 0.282 e. The van der Waals surface area contributed by atoms with Crippen LogP contribution in [0.1, 0.15) is 5.56 Å². The summed E-state index contributed by atoms with van der Waals surface area (Å²) in [6, 6.07) is 10.0. The lowest BCUT2D eigenvalue weighted by molar-refractivity contribution is -0.0271. The van der Waals surface area contributed by atoms with Gasteiger partial charge in [0.05, 0.1) is 25.0 Å². The second kappa shape index (κ2) is 6.04. The number of aromatic amines is 1. The lowest BCUT2D eigenvalue weighted by atomic mass is 10.2. The number of aromatic nitrogens is 6. The van der Waals surface area contributed by atoms with Crippen LogP contribution in [0, 0.1) is 5.82 Å². The molecule has 28 heavy (non-hydrogen) atoms. The van der Waals surface area contributed by atoms with Crippen LogP contribution in [0.4, 0.5) is 19.1 Å². The number of benzene rings is 1. The topological polar surface area (TPSA) is 75.5 Å². The molecule has 0 unspecified atom stereocenters. The molecule has 1 fully saturated rings. The first kappa shape index (κ1) is 16.7. The summed E-state index contributed by atoms with van der Waals surface area (Å²) in [6.07, 6.45) is 1.62. The van der Waals surface area contributed by atoms with Crippen molar-refractivity contribution in [3.05, 3.63) is 54.0 Å². The van der Waals surface area contributed by atoms with E-state index in [0.29, 0.717) is 28.1 Å². The van der Waals surface area contributed by atoms with Crippen LogP contribution < -0.4 is 4.90 Å². The van der Waals surface area contributed by atoms with Crippen molar-refractivity contribution >= 4 is 17.0 Å². The van der Waals surface area contributed by atoms with Crippen LogP contribution in [0.5, 0.6) is 0 Å². The van der Waals surface area contributed by atoms with Gasteiger partial charge in [0.15, 0.2) is 11.5 Å². The summed E-state index contributed by atoms with van der Waals surface area (Å²) in [5, 5.41) is 12.0. The molecule has 142 valence electrons. The third-order valence-electron chi connectivity index (χ3n) is 4.61. The normalized spacial score (nSPS) is 15.8. The number of hydrogen-bond acceptors (Lipinski definition) is 5. The number of H-pyrrole nitrogens is 1. The predicted octanol–water partition coefficient (Wildman–Crippen LogP) is 2.86. The van der Waals surface area contributed by atoms with Gasteiger partial charge in [-0.3, -0.25) is 5.10 Å². The van der Waals surface area contributed by atoms with E-state index in [9.17, 15) is 13.2 Å².